The van der Waals surface area contributed by atoms with Crippen LogP contribution >= 0.6 is 0 Å². The third-order valence-electron chi connectivity index (χ3n) is 4.75. The normalized spacial score (nSPS) is 11.7. The minimum Gasteiger partial charge on any atom is -0.378 e. The Morgan fingerprint density at radius 3 is 2.27 bits per heavy atom. The molecule has 26 heavy (non-hydrogen) atoms. The quantitative estimate of drug-likeness (QED) is 0.625. The van der Waals surface area contributed by atoms with Crippen LogP contribution in [-0.4, -0.2) is 41.6 Å². The van der Waals surface area contributed by atoms with Crippen LogP contribution in [0.4, 0.5) is 5.69 Å². The Morgan fingerprint density at radius 2 is 1.62 bits per heavy atom. The molecule has 1 aromatic heterocycles. The van der Waals surface area contributed by atoms with Crippen LogP contribution in [0.2, 0.25) is 0 Å². The number of hydrogen-bond acceptors (Lipinski definition) is 3. The lowest BCUT2D eigenvalue weighted by atomic mass is 10.2. The zero-order valence-corrected chi connectivity index (χ0v) is 16.2. The van der Waals surface area contributed by atoms with Gasteiger partial charge in [0.05, 0.1) is 17.7 Å². The first-order valence-electron chi connectivity index (χ1n) is 9.25. The highest BCUT2D eigenvalue weighted by atomic mass is 15.3. The molecule has 1 heterocycles. The van der Waals surface area contributed by atoms with E-state index in [-0.39, 0.29) is 0 Å². The number of hydrogen-bond donors (Lipinski definition) is 0. The summed E-state index contributed by atoms with van der Waals surface area (Å²) in [6, 6.07) is 16.9. The van der Waals surface area contributed by atoms with Crippen molar-refractivity contribution in [2.75, 3.05) is 32.1 Å². The monoisotopic (exact) mass is 348 g/mol. The van der Waals surface area contributed by atoms with Crippen molar-refractivity contribution in [3.63, 3.8) is 0 Å². The van der Waals surface area contributed by atoms with E-state index in [2.05, 4.69) is 96.9 Å². The fourth-order valence-electron chi connectivity index (χ4n) is 3.05. The van der Waals surface area contributed by atoms with E-state index in [4.69, 9.17) is 4.98 Å². The number of rotatable bonds is 7. The third kappa shape index (κ3) is 3.97. The molecule has 0 saturated heterocycles. The number of benzene rings is 2. The average molecular weight is 348 g/mol. The molecule has 0 fully saturated rings. The molecule has 0 aliphatic carbocycles. The highest BCUT2D eigenvalue weighted by Crippen LogP contribution is 2.19. The van der Waals surface area contributed by atoms with Gasteiger partial charge in [0, 0.05) is 19.8 Å². The summed E-state index contributed by atoms with van der Waals surface area (Å²) in [6.07, 6.45) is 4.26. The van der Waals surface area contributed by atoms with E-state index in [1.165, 1.54) is 16.8 Å². The lowest BCUT2D eigenvalue weighted by Gasteiger charge is -2.20. The molecule has 3 rings (SSSR count). The van der Waals surface area contributed by atoms with Crippen molar-refractivity contribution in [2.24, 2.45) is 0 Å². The van der Waals surface area contributed by atoms with Gasteiger partial charge in [-0.05, 0) is 49.0 Å². The lowest BCUT2D eigenvalue weighted by molar-refractivity contribution is 0.245. The molecule has 4 heteroatoms. The maximum atomic E-state index is 4.84. The average Bonchev–Trinajstić information content (AvgIpc) is 3.02. The van der Waals surface area contributed by atoms with Gasteiger partial charge < -0.3 is 9.47 Å². The van der Waals surface area contributed by atoms with E-state index in [1.807, 2.05) is 6.07 Å². The number of aromatic nitrogens is 2. The highest BCUT2D eigenvalue weighted by Gasteiger charge is 2.10. The number of para-hydroxylation sites is 2. The first kappa shape index (κ1) is 18.2. The number of fused-ring (bicyclic) bond motifs is 1. The lowest BCUT2D eigenvalue weighted by Crippen LogP contribution is -2.26. The van der Waals surface area contributed by atoms with Crippen molar-refractivity contribution in [3.8, 4) is 0 Å². The van der Waals surface area contributed by atoms with Gasteiger partial charge in [-0.3, -0.25) is 4.90 Å². The minimum atomic E-state index is 0.854. The smallest absolute Gasteiger partial charge is 0.134 e. The van der Waals surface area contributed by atoms with Crippen molar-refractivity contribution in [1.82, 2.24) is 14.5 Å². The summed E-state index contributed by atoms with van der Waals surface area (Å²) in [7, 11) is 4.11. The van der Waals surface area contributed by atoms with E-state index >= 15 is 0 Å². The Hall–Kier alpha value is -2.59. The summed E-state index contributed by atoms with van der Waals surface area (Å²) in [6.45, 7) is 7.30. The molecule has 0 unspecified atom stereocenters. The molecule has 136 valence electrons. The second-order valence-electron chi connectivity index (χ2n) is 6.65. The largest absolute Gasteiger partial charge is 0.378 e. The fourth-order valence-corrected chi connectivity index (χ4v) is 3.05. The summed E-state index contributed by atoms with van der Waals surface area (Å²) in [5.41, 5.74) is 4.61. The van der Waals surface area contributed by atoms with Crippen molar-refractivity contribution in [2.45, 2.75) is 20.5 Å². The summed E-state index contributed by atoms with van der Waals surface area (Å²) >= 11 is 0. The van der Waals surface area contributed by atoms with Crippen LogP contribution in [0, 0.1) is 0 Å². The number of nitrogens with zero attached hydrogens (tertiary/aromatic N) is 4. The molecule has 4 nitrogen and oxygen atoms in total. The predicted molar refractivity (Wildman–Crippen MR) is 112 cm³/mol. The Bertz CT molecular complexity index is 871. The first-order valence-corrected chi connectivity index (χ1v) is 9.25. The summed E-state index contributed by atoms with van der Waals surface area (Å²) in [5, 5.41) is 0. The van der Waals surface area contributed by atoms with Gasteiger partial charge in [-0.15, -0.1) is 0 Å². The van der Waals surface area contributed by atoms with Gasteiger partial charge in [0.2, 0.25) is 0 Å². The summed E-state index contributed by atoms with van der Waals surface area (Å²) in [4.78, 5) is 9.34. The molecule has 0 N–H and O–H groups in total. The Balaban J connectivity index is 1.93. The maximum Gasteiger partial charge on any atom is 0.134 e. The van der Waals surface area contributed by atoms with Crippen molar-refractivity contribution < 1.29 is 0 Å². The molecule has 0 aliphatic heterocycles. The Morgan fingerprint density at radius 1 is 0.923 bits per heavy atom. The van der Waals surface area contributed by atoms with E-state index in [0.29, 0.717) is 0 Å². The van der Waals surface area contributed by atoms with Crippen LogP contribution in [0.3, 0.4) is 0 Å². The molecule has 2 aromatic carbocycles. The molecular formula is C22H28N4. The van der Waals surface area contributed by atoms with E-state index in [0.717, 1.165) is 31.1 Å². The number of imidazole rings is 1. The van der Waals surface area contributed by atoms with Crippen LogP contribution < -0.4 is 4.90 Å². The maximum absolute atomic E-state index is 4.84. The second-order valence-corrected chi connectivity index (χ2v) is 6.65. The van der Waals surface area contributed by atoms with Gasteiger partial charge in [-0.1, -0.05) is 44.2 Å². The van der Waals surface area contributed by atoms with Crippen molar-refractivity contribution >= 4 is 28.9 Å². The summed E-state index contributed by atoms with van der Waals surface area (Å²) in [5.74, 6) is 0.995. The number of anilines is 1. The van der Waals surface area contributed by atoms with E-state index in [1.54, 1.807) is 0 Å². The molecule has 0 spiro atoms. The Kier molecular flexibility index (Phi) is 5.74. The zero-order valence-electron chi connectivity index (χ0n) is 16.2. The summed E-state index contributed by atoms with van der Waals surface area (Å²) < 4.78 is 2.30. The molecular weight excluding hydrogens is 320 g/mol. The first-order chi connectivity index (χ1) is 12.6. The van der Waals surface area contributed by atoms with E-state index < -0.39 is 0 Å². The Labute approximate surface area is 156 Å². The predicted octanol–water partition coefficient (Wildman–Crippen LogP) is 4.57. The third-order valence-corrected chi connectivity index (χ3v) is 4.75. The standard InChI is InChI=1S/C22H28N4/c1-5-25(6-2)17-26-21-10-8-7-9-20(21)23-22(26)16-13-18-11-14-19(15-12-18)24(3)4/h7-16H,5-6,17H2,1-4H3. The molecule has 3 aromatic rings. The van der Waals surface area contributed by atoms with Crippen LogP contribution in [0.25, 0.3) is 23.2 Å². The zero-order chi connectivity index (χ0) is 18.5. The van der Waals surface area contributed by atoms with E-state index in [9.17, 15) is 0 Å². The van der Waals surface area contributed by atoms with Crippen LogP contribution in [0.1, 0.15) is 25.2 Å². The van der Waals surface area contributed by atoms with Crippen molar-refractivity contribution in [1.29, 1.82) is 0 Å². The molecule has 0 amide bonds. The molecule has 0 aliphatic rings. The van der Waals surface area contributed by atoms with Gasteiger partial charge in [0.15, 0.2) is 0 Å². The van der Waals surface area contributed by atoms with Crippen LogP contribution in [0.5, 0.6) is 0 Å². The SMILES string of the molecule is CCN(CC)Cn1c(C=Cc2ccc(N(C)C)cc2)nc2ccccc21. The van der Waals surface area contributed by atoms with Gasteiger partial charge in [-0.2, -0.15) is 0 Å². The van der Waals surface area contributed by atoms with Crippen LogP contribution in [0.15, 0.2) is 48.5 Å². The fraction of sp³-hybridized carbons (Fsp3) is 0.318. The minimum absolute atomic E-state index is 0.854. The molecule has 0 bridgehead atoms. The van der Waals surface area contributed by atoms with Gasteiger partial charge in [0.1, 0.15) is 5.82 Å². The highest BCUT2D eigenvalue weighted by molar-refractivity contribution is 5.80. The molecule has 0 saturated carbocycles. The topological polar surface area (TPSA) is 24.3 Å². The van der Waals surface area contributed by atoms with Crippen LogP contribution in [-0.2, 0) is 6.67 Å². The van der Waals surface area contributed by atoms with Gasteiger partial charge in [0.25, 0.3) is 0 Å². The second kappa shape index (κ2) is 8.19. The molecule has 0 atom stereocenters. The van der Waals surface area contributed by atoms with Gasteiger partial charge in [-0.25, -0.2) is 4.98 Å². The van der Waals surface area contributed by atoms with Gasteiger partial charge >= 0.3 is 0 Å². The molecule has 0 radical (unpaired) electrons. The van der Waals surface area contributed by atoms with Crippen molar-refractivity contribution in [3.05, 3.63) is 59.9 Å².